The Morgan fingerprint density at radius 3 is 2.74 bits per heavy atom. The first kappa shape index (κ1) is 13.4. The zero-order chi connectivity index (χ0) is 13.5. The van der Waals surface area contributed by atoms with Crippen LogP contribution < -0.4 is 5.32 Å². The molecule has 4 heteroatoms. The highest BCUT2D eigenvalue weighted by Gasteiger charge is 2.45. The fraction of sp³-hybridized carbons (Fsp3) is 0.933. The van der Waals surface area contributed by atoms with Crippen molar-refractivity contribution in [1.29, 1.82) is 0 Å². The van der Waals surface area contributed by atoms with Crippen LogP contribution >= 0.6 is 0 Å². The molecular formula is C15H26N2O2. The molecule has 0 spiro atoms. The predicted molar refractivity (Wildman–Crippen MR) is 73.7 cm³/mol. The average molecular weight is 266 g/mol. The molecule has 2 saturated heterocycles. The van der Waals surface area contributed by atoms with Gasteiger partial charge in [0.25, 0.3) is 0 Å². The van der Waals surface area contributed by atoms with Crippen LogP contribution in [-0.2, 0) is 4.79 Å². The maximum atomic E-state index is 12.4. The summed E-state index contributed by atoms with van der Waals surface area (Å²) in [6.45, 7) is 3.02. The zero-order valence-electron chi connectivity index (χ0n) is 11.9. The van der Waals surface area contributed by atoms with Crippen molar-refractivity contribution in [3.63, 3.8) is 0 Å². The normalized spacial score (nSPS) is 37.4. The van der Waals surface area contributed by atoms with Crippen molar-refractivity contribution in [3.8, 4) is 0 Å². The Balaban J connectivity index is 1.54. The summed E-state index contributed by atoms with van der Waals surface area (Å²) in [7, 11) is 0. The maximum absolute atomic E-state index is 12.4. The fourth-order valence-electron chi connectivity index (χ4n) is 3.95. The summed E-state index contributed by atoms with van der Waals surface area (Å²) in [6.07, 6.45) is 8.12. The van der Waals surface area contributed by atoms with Crippen LogP contribution in [0.5, 0.6) is 0 Å². The molecule has 3 unspecified atom stereocenters. The molecule has 0 aromatic carbocycles. The number of fused-ring (bicyclic) bond motifs is 1. The van der Waals surface area contributed by atoms with E-state index in [1.165, 1.54) is 32.1 Å². The number of nitrogens with one attached hydrogen (secondary N) is 1. The molecule has 1 amide bonds. The molecule has 1 saturated carbocycles. The minimum absolute atomic E-state index is 0.000700. The quantitative estimate of drug-likeness (QED) is 0.791. The fourth-order valence-corrected chi connectivity index (χ4v) is 3.95. The van der Waals surface area contributed by atoms with Crippen LogP contribution in [0.3, 0.4) is 0 Å². The van der Waals surface area contributed by atoms with Gasteiger partial charge in [0.05, 0.1) is 24.7 Å². The van der Waals surface area contributed by atoms with E-state index >= 15 is 0 Å². The highest BCUT2D eigenvalue weighted by Crippen LogP contribution is 2.33. The summed E-state index contributed by atoms with van der Waals surface area (Å²) in [6, 6.07) is 0.559. The molecule has 0 radical (unpaired) electrons. The van der Waals surface area contributed by atoms with Gasteiger partial charge in [-0.25, -0.2) is 0 Å². The number of likely N-dealkylation sites (tertiary alicyclic amines) is 1. The van der Waals surface area contributed by atoms with E-state index in [9.17, 15) is 9.90 Å². The lowest BCUT2D eigenvalue weighted by Crippen LogP contribution is -2.67. The Labute approximate surface area is 115 Å². The van der Waals surface area contributed by atoms with Crippen LogP contribution in [0.15, 0.2) is 0 Å². The van der Waals surface area contributed by atoms with Crippen molar-refractivity contribution in [1.82, 2.24) is 10.2 Å². The van der Waals surface area contributed by atoms with Gasteiger partial charge in [-0.05, 0) is 38.0 Å². The summed E-state index contributed by atoms with van der Waals surface area (Å²) in [5.41, 5.74) is -0.613. The van der Waals surface area contributed by atoms with Crippen molar-refractivity contribution >= 4 is 5.91 Å². The van der Waals surface area contributed by atoms with E-state index in [1.54, 1.807) is 0 Å². The lowest BCUT2D eigenvalue weighted by molar-refractivity contribution is -0.159. The standard InChI is InChI=1S/C15H26N2O2/c1-2-15(19)9-17(10-15)14(18)13-8-7-11-5-3-4-6-12(11)16-13/h11-13,16,19H,2-10H2,1H3. The molecule has 0 bridgehead atoms. The zero-order valence-corrected chi connectivity index (χ0v) is 11.9. The van der Waals surface area contributed by atoms with Crippen molar-refractivity contribution in [2.75, 3.05) is 13.1 Å². The molecule has 1 aliphatic carbocycles. The molecule has 3 atom stereocenters. The highest BCUT2D eigenvalue weighted by atomic mass is 16.3. The van der Waals surface area contributed by atoms with Gasteiger partial charge in [-0.15, -0.1) is 0 Å². The molecule has 4 nitrogen and oxygen atoms in total. The third-order valence-electron chi connectivity index (χ3n) is 5.39. The number of hydrogen-bond donors (Lipinski definition) is 2. The van der Waals surface area contributed by atoms with E-state index in [-0.39, 0.29) is 11.9 Å². The van der Waals surface area contributed by atoms with Crippen LogP contribution in [0.1, 0.15) is 51.9 Å². The first-order valence-electron chi connectivity index (χ1n) is 7.88. The minimum atomic E-state index is -0.613. The Bertz CT molecular complexity index is 352. The number of aliphatic hydroxyl groups is 1. The third-order valence-corrected chi connectivity index (χ3v) is 5.39. The maximum Gasteiger partial charge on any atom is 0.239 e. The predicted octanol–water partition coefficient (Wildman–Crippen LogP) is 1.28. The molecule has 3 fully saturated rings. The van der Waals surface area contributed by atoms with Crippen molar-refractivity contribution in [2.24, 2.45) is 5.92 Å². The van der Waals surface area contributed by atoms with E-state index in [0.717, 1.165) is 18.8 Å². The van der Waals surface area contributed by atoms with E-state index in [4.69, 9.17) is 0 Å². The number of amides is 1. The molecule has 108 valence electrons. The first-order chi connectivity index (χ1) is 9.11. The van der Waals surface area contributed by atoms with Crippen molar-refractivity contribution in [2.45, 2.75) is 69.6 Å². The lowest BCUT2D eigenvalue weighted by atomic mass is 9.77. The second-order valence-electron chi connectivity index (χ2n) is 6.72. The number of carbonyl (C=O) groups excluding carboxylic acids is 1. The van der Waals surface area contributed by atoms with Gasteiger partial charge in [-0.3, -0.25) is 4.79 Å². The van der Waals surface area contributed by atoms with Gasteiger partial charge < -0.3 is 15.3 Å². The van der Waals surface area contributed by atoms with Crippen LogP contribution in [0.4, 0.5) is 0 Å². The Kier molecular flexibility index (Phi) is 3.56. The SMILES string of the molecule is CCC1(O)CN(C(=O)C2CCC3CCCCC3N2)C1. The summed E-state index contributed by atoms with van der Waals surface area (Å²) in [4.78, 5) is 14.2. The summed E-state index contributed by atoms with van der Waals surface area (Å²) in [5, 5.41) is 13.6. The van der Waals surface area contributed by atoms with Gasteiger partial charge in [-0.2, -0.15) is 0 Å². The van der Waals surface area contributed by atoms with E-state index in [1.807, 2.05) is 11.8 Å². The van der Waals surface area contributed by atoms with Gasteiger partial charge in [0.1, 0.15) is 0 Å². The van der Waals surface area contributed by atoms with Gasteiger partial charge >= 0.3 is 0 Å². The van der Waals surface area contributed by atoms with E-state index in [0.29, 0.717) is 19.1 Å². The molecule has 0 aromatic rings. The smallest absolute Gasteiger partial charge is 0.239 e. The number of rotatable bonds is 2. The Hall–Kier alpha value is -0.610. The topological polar surface area (TPSA) is 52.6 Å². The van der Waals surface area contributed by atoms with E-state index in [2.05, 4.69) is 5.32 Å². The first-order valence-corrected chi connectivity index (χ1v) is 7.88. The van der Waals surface area contributed by atoms with Crippen LogP contribution in [0, 0.1) is 5.92 Å². The summed E-state index contributed by atoms with van der Waals surface area (Å²) in [5.74, 6) is 1.00. The lowest BCUT2D eigenvalue weighted by Gasteiger charge is -2.49. The van der Waals surface area contributed by atoms with Crippen LogP contribution in [-0.4, -0.2) is 46.7 Å². The molecule has 3 aliphatic rings. The largest absolute Gasteiger partial charge is 0.386 e. The number of β-amino-alcohol motifs (C(OH)–C–C–N with tert-alkyl or cyclic N) is 1. The number of carbonyl (C=O) groups is 1. The molecule has 19 heavy (non-hydrogen) atoms. The van der Waals surface area contributed by atoms with Crippen LogP contribution in [0.2, 0.25) is 0 Å². The van der Waals surface area contributed by atoms with Gasteiger partial charge in [0.2, 0.25) is 5.91 Å². The third kappa shape index (κ3) is 2.52. The number of hydrogen-bond acceptors (Lipinski definition) is 3. The number of piperidine rings is 1. The average Bonchev–Trinajstić information content (AvgIpc) is 2.42. The minimum Gasteiger partial charge on any atom is -0.386 e. The van der Waals surface area contributed by atoms with Gasteiger partial charge in [-0.1, -0.05) is 19.8 Å². The Morgan fingerprint density at radius 2 is 2.00 bits per heavy atom. The molecule has 0 aromatic heterocycles. The molecule has 2 aliphatic heterocycles. The van der Waals surface area contributed by atoms with Crippen molar-refractivity contribution in [3.05, 3.63) is 0 Å². The second-order valence-corrected chi connectivity index (χ2v) is 6.72. The molecular weight excluding hydrogens is 240 g/mol. The monoisotopic (exact) mass is 266 g/mol. The molecule has 2 heterocycles. The van der Waals surface area contributed by atoms with Gasteiger partial charge in [0, 0.05) is 6.04 Å². The van der Waals surface area contributed by atoms with Gasteiger partial charge in [0.15, 0.2) is 0 Å². The summed E-state index contributed by atoms with van der Waals surface area (Å²) < 4.78 is 0. The van der Waals surface area contributed by atoms with Crippen LogP contribution in [0.25, 0.3) is 0 Å². The van der Waals surface area contributed by atoms with E-state index < -0.39 is 5.60 Å². The van der Waals surface area contributed by atoms with Crippen molar-refractivity contribution < 1.29 is 9.90 Å². The Morgan fingerprint density at radius 1 is 1.26 bits per heavy atom. The number of nitrogens with zero attached hydrogens (tertiary/aromatic N) is 1. The second kappa shape index (κ2) is 5.06. The molecule has 3 rings (SSSR count). The summed E-state index contributed by atoms with van der Waals surface area (Å²) >= 11 is 0. The highest BCUT2D eigenvalue weighted by molar-refractivity contribution is 5.83. The molecule has 2 N–H and O–H groups in total.